The molecule has 0 saturated heterocycles. The van der Waals surface area contributed by atoms with Gasteiger partial charge >= 0.3 is 0 Å². The Morgan fingerprint density at radius 2 is 0.584 bits per heavy atom. The summed E-state index contributed by atoms with van der Waals surface area (Å²) in [6.07, 6.45) is 18.9. The van der Waals surface area contributed by atoms with Gasteiger partial charge in [0.1, 0.15) is 24.3 Å². The van der Waals surface area contributed by atoms with Crippen molar-refractivity contribution in [2.24, 2.45) is 0 Å². The zero-order valence-electron chi connectivity index (χ0n) is 73.0. The van der Waals surface area contributed by atoms with E-state index in [0.717, 1.165) is 45.7 Å². The third kappa shape index (κ3) is 30.0. The van der Waals surface area contributed by atoms with E-state index in [4.69, 9.17) is 0 Å². The Kier molecular flexibility index (Phi) is 35.1. The molecule has 0 aliphatic rings. The molecule has 21 aromatic rings. The Bertz CT molecular complexity index is 6460. The van der Waals surface area contributed by atoms with Crippen LogP contribution in [0.15, 0.2) is 438 Å². The number of rotatable bonds is 4. The molecular weight excluding hydrogens is 1520 g/mol. The van der Waals surface area contributed by atoms with E-state index < -0.39 is 0 Å². The molecule has 0 N–H and O–H groups in total. The molecule has 13 aromatic carbocycles. The Morgan fingerprint density at radius 1 is 0.176 bits per heavy atom. The van der Waals surface area contributed by atoms with E-state index in [1.165, 1.54) is 138 Å². The van der Waals surface area contributed by atoms with Gasteiger partial charge in [0.25, 0.3) is 0 Å². The number of aryl methyl sites for hydroxylation is 11. The molecule has 11 heteroatoms. The Hall–Kier alpha value is -15.6. The average Bonchev–Trinajstić information content (AvgIpc) is 0.782. The molecule has 0 bridgehead atoms. The van der Waals surface area contributed by atoms with E-state index in [-0.39, 0.29) is 0 Å². The fraction of sp³-hybridized carbons (Fsp3) is 0.0965. The van der Waals surface area contributed by atoms with Gasteiger partial charge in [-0.25, -0.2) is 24.9 Å². The van der Waals surface area contributed by atoms with Gasteiger partial charge in [-0.3, -0.25) is 29.9 Å². The van der Waals surface area contributed by atoms with Crippen LogP contribution in [0.1, 0.15) is 62.1 Å². The third-order valence-electron chi connectivity index (χ3n) is 19.6. The van der Waals surface area contributed by atoms with Gasteiger partial charge in [-0.05, 0) is 277 Å². The van der Waals surface area contributed by atoms with Gasteiger partial charge in [0.05, 0.1) is 11.4 Å². The Labute approximate surface area is 736 Å². The first-order valence-electron chi connectivity index (χ1n) is 41.7. The molecule has 8 aromatic heterocycles. The Balaban J connectivity index is 0.000000136. The molecule has 21 rings (SSSR count). The van der Waals surface area contributed by atoms with Gasteiger partial charge in [-0.2, -0.15) is 0 Å². The molecule has 125 heavy (non-hydrogen) atoms. The molecule has 11 nitrogen and oxygen atoms in total. The van der Waals surface area contributed by atoms with E-state index in [2.05, 4.69) is 331 Å². The maximum absolute atomic E-state index is 4.44. The minimum atomic E-state index is 0.759. The van der Waals surface area contributed by atoms with Crippen molar-refractivity contribution in [3.05, 3.63) is 501 Å². The highest BCUT2D eigenvalue weighted by Crippen LogP contribution is 2.30. The molecule has 0 atom stereocenters. The van der Waals surface area contributed by atoms with Crippen molar-refractivity contribution < 1.29 is 0 Å². The largest absolute Gasteiger partial charge is 0.265 e. The lowest BCUT2D eigenvalue weighted by molar-refractivity contribution is 0.974. The molecule has 0 unspecified atom stereocenters. The Morgan fingerprint density at radius 3 is 1.05 bits per heavy atom. The van der Waals surface area contributed by atoms with Crippen LogP contribution in [0.5, 0.6) is 0 Å². The van der Waals surface area contributed by atoms with Crippen molar-refractivity contribution in [2.45, 2.75) is 76.2 Å². The summed E-state index contributed by atoms with van der Waals surface area (Å²) < 4.78 is 0. The monoisotopic (exact) mass is 1630 g/mol. The van der Waals surface area contributed by atoms with Gasteiger partial charge in [0, 0.05) is 84.0 Å². The van der Waals surface area contributed by atoms with Crippen LogP contribution in [0.3, 0.4) is 0 Å². The van der Waals surface area contributed by atoms with E-state index in [9.17, 15) is 0 Å². The van der Waals surface area contributed by atoms with E-state index in [1.54, 1.807) is 55.6 Å². The summed E-state index contributed by atoms with van der Waals surface area (Å²) in [5.74, 6) is 1.58. The SMILES string of the molecule is Cc1cc2ccccc2c2ccccc12.Cc1ccc2cc(-c3ccccc3)ccc2c1.Cc1ccc2cc3ccccc3cc2c1.Cc1ccc2ccc(-c3ccccc3)cc2c1.Cc1cccc(-c2ccccc2)n1.Cc1cccc(-c2ccncc2)n1.Cc1ccccn1.Cc1cccnc1.Cc1ccncc1.Cc1ncccn1.Cc1ncncn1. The minimum Gasteiger partial charge on any atom is -0.265 e. The van der Waals surface area contributed by atoms with Crippen molar-refractivity contribution in [3.63, 3.8) is 0 Å². The molecule has 0 saturated carbocycles. The van der Waals surface area contributed by atoms with Gasteiger partial charge in [-0.15, -0.1) is 0 Å². The summed E-state index contributed by atoms with van der Waals surface area (Å²) in [5.41, 5.74) is 20.4. The van der Waals surface area contributed by atoms with Crippen molar-refractivity contribution in [3.8, 4) is 44.8 Å². The van der Waals surface area contributed by atoms with Crippen molar-refractivity contribution in [1.82, 2.24) is 54.8 Å². The number of hydrogen-bond acceptors (Lipinski definition) is 11. The highest BCUT2D eigenvalue weighted by Gasteiger charge is 2.06. The molecule has 0 aliphatic heterocycles. The summed E-state index contributed by atoms with van der Waals surface area (Å²) in [5, 5.41) is 15.9. The van der Waals surface area contributed by atoms with Crippen LogP contribution >= 0.6 is 0 Å². The van der Waals surface area contributed by atoms with Crippen molar-refractivity contribution >= 4 is 64.6 Å². The second-order valence-corrected chi connectivity index (χ2v) is 29.8. The number of aromatic nitrogens is 11. The number of nitrogens with zero attached hydrogens (tertiary/aromatic N) is 11. The zero-order chi connectivity index (χ0) is 87.6. The minimum absolute atomic E-state index is 0.759. The summed E-state index contributed by atoms with van der Waals surface area (Å²) in [6.45, 7) is 22.3. The summed E-state index contributed by atoms with van der Waals surface area (Å²) in [4.78, 5) is 43.4. The molecule has 0 aliphatic carbocycles. The first-order valence-corrected chi connectivity index (χ1v) is 41.7. The van der Waals surface area contributed by atoms with E-state index >= 15 is 0 Å². The molecular formula is C114H105N11. The molecule has 0 radical (unpaired) electrons. The zero-order valence-corrected chi connectivity index (χ0v) is 73.0. The maximum atomic E-state index is 4.44. The lowest BCUT2D eigenvalue weighted by Crippen LogP contribution is -1.85. The van der Waals surface area contributed by atoms with Crippen LogP contribution in [0, 0.1) is 76.2 Å². The third-order valence-corrected chi connectivity index (χ3v) is 19.6. The van der Waals surface area contributed by atoms with Crippen LogP contribution in [0.25, 0.3) is 109 Å². The topological polar surface area (TPSA) is 142 Å². The van der Waals surface area contributed by atoms with Gasteiger partial charge < -0.3 is 0 Å². The molecule has 0 fully saturated rings. The van der Waals surface area contributed by atoms with E-state index in [0.29, 0.717) is 0 Å². The number of hydrogen-bond donors (Lipinski definition) is 0. The quantitative estimate of drug-likeness (QED) is 0.123. The normalized spacial score (nSPS) is 10.0. The van der Waals surface area contributed by atoms with Crippen LogP contribution < -0.4 is 0 Å². The smallest absolute Gasteiger partial charge is 0.128 e. The van der Waals surface area contributed by atoms with Gasteiger partial charge in [-0.1, -0.05) is 290 Å². The fourth-order valence-corrected chi connectivity index (χ4v) is 13.2. The summed E-state index contributed by atoms with van der Waals surface area (Å²) in [7, 11) is 0. The highest BCUT2D eigenvalue weighted by molar-refractivity contribution is 6.09. The summed E-state index contributed by atoms with van der Waals surface area (Å²) in [6, 6.07) is 128. The molecule has 0 spiro atoms. The molecule has 0 amide bonds. The lowest BCUT2D eigenvalue weighted by atomic mass is 9.98. The average molecular weight is 1630 g/mol. The second kappa shape index (κ2) is 48.6. The van der Waals surface area contributed by atoms with E-state index in [1.807, 2.05) is 170 Å². The standard InChI is InChI=1S/2C17H14.2C15H12.C12H11N.C11H10N2.3C6H7N.C5H6N2.C4H5N3/c1-13-7-8-17-12-16(10-9-15(17)11-13)14-5-3-2-4-6-14;1-13-7-8-15-9-10-16(12-17(15)11-13)14-5-3-2-4-6-14;1-11-10-12-6-2-3-8-14(12)15-9-5-4-7-13(11)15;1-11-6-7-14-9-12-4-2-3-5-13(12)10-15(14)8-11;1-10-6-5-9-12(13-10)11-7-3-2-4-8-11;1-9-3-2-4-11(13-9)10-5-7-12-8-6-10;1-6-2-4-7-5-3-6;1-6-3-2-4-7-5-6;1-6-4-2-3-5-7-6;1-5-6-3-2-4-7-5;1-4-6-2-5-3-7-4/h2*2-12H,1H3;2*2-10H,1H3;2-9H,1H3;2-8H,1H3;3*2-5H,1H3;2-4H,1H3;2-3H,1H3. The second-order valence-electron chi connectivity index (χ2n) is 29.8. The van der Waals surface area contributed by atoms with Crippen molar-refractivity contribution in [2.75, 3.05) is 0 Å². The first kappa shape index (κ1) is 90.2. The van der Waals surface area contributed by atoms with Crippen LogP contribution in [-0.4, -0.2) is 54.8 Å². The number of fused-ring (bicyclic) bond motifs is 7. The molecule has 8 heterocycles. The fourth-order valence-electron chi connectivity index (χ4n) is 13.2. The molecule has 616 valence electrons. The number of pyridine rings is 6. The van der Waals surface area contributed by atoms with Crippen LogP contribution in [0.2, 0.25) is 0 Å². The van der Waals surface area contributed by atoms with Crippen LogP contribution in [0.4, 0.5) is 0 Å². The lowest BCUT2D eigenvalue weighted by Gasteiger charge is -2.06. The first-order chi connectivity index (χ1) is 61.0. The van der Waals surface area contributed by atoms with Crippen molar-refractivity contribution in [1.29, 1.82) is 0 Å². The predicted octanol–water partition coefficient (Wildman–Crippen LogP) is 28.9. The maximum Gasteiger partial charge on any atom is 0.128 e. The van der Waals surface area contributed by atoms with Crippen LogP contribution in [-0.2, 0) is 0 Å². The van der Waals surface area contributed by atoms with Gasteiger partial charge in [0.15, 0.2) is 0 Å². The number of benzene rings is 13. The predicted molar refractivity (Wildman–Crippen MR) is 525 cm³/mol. The summed E-state index contributed by atoms with van der Waals surface area (Å²) >= 11 is 0. The highest BCUT2D eigenvalue weighted by atomic mass is 15.0. The van der Waals surface area contributed by atoms with Gasteiger partial charge in [0.2, 0.25) is 0 Å².